The molecule has 0 unspecified atom stereocenters. The monoisotopic (exact) mass is 397 g/mol. The summed E-state index contributed by atoms with van der Waals surface area (Å²) in [5.41, 5.74) is 1.57. The lowest BCUT2D eigenvalue weighted by Crippen LogP contribution is -2.73. The topological polar surface area (TPSA) is 131 Å². The second-order valence-electron chi connectivity index (χ2n) is 5.90. The highest BCUT2D eigenvalue weighted by molar-refractivity contribution is 6.12. The molecule has 3 rings (SSSR count). The van der Waals surface area contributed by atoms with Gasteiger partial charge in [0.2, 0.25) is 11.8 Å². The Balaban J connectivity index is 1.96. The molecular weight excluding hydrogens is 379 g/mol. The number of ether oxygens (including phenoxy) is 1. The first-order valence-electron chi connectivity index (χ1n) is 8.54. The molecule has 10 heteroatoms. The minimum absolute atomic E-state index is 0.0584. The molecule has 148 valence electrons. The van der Waals surface area contributed by atoms with Crippen molar-refractivity contribution in [2.75, 3.05) is 19.5 Å². The zero-order chi connectivity index (χ0) is 21.0. The van der Waals surface area contributed by atoms with Crippen molar-refractivity contribution in [2.45, 2.75) is 0 Å². The summed E-state index contributed by atoms with van der Waals surface area (Å²) in [7, 11) is 3.20. The molecule has 0 fully saturated rings. The van der Waals surface area contributed by atoms with Crippen molar-refractivity contribution in [3.8, 4) is 5.75 Å². The highest BCUT2D eigenvalue weighted by atomic mass is 19.1. The zero-order valence-electron chi connectivity index (χ0n) is 15.6. The summed E-state index contributed by atoms with van der Waals surface area (Å²) in [4.78, 5) is 18.6. The first kappa shape index (κ1) is 19.8. The van der Waals surface area contributed by atoms with Gasteiger partial charge >= 0.3 is 5.69 Å². The Hall–Kier alpha value is -3.92. The smallest absolute Gasteiger partial charge is 0.307 e. The number of quaternary nitrogens is 1. The van der Waals surface area contributed by atoms with Crippen molar-refractivity contribution < 1.29 is 19.4 Å². The molecule has 0 aliphatic rings. The Bertz CT molecular complexity index is 1090. The largest absolute Gasteiger partial charge is 0.494 e. The van der Waals surface area contributed by atoms with E-state index in [-0.39, 0.29) is 23.1 Å². The number of anilines is 2. The Morgan fingerprint density at radius 3 is 2.76 bits per heavy atom. The van der Waals surface area contributed by atoms with Gasteiger partial charge in [0.1, 0.15) is 11.4 Å². The summed E-state index contributed by atoms with van der Waals surface area (Å²) in [5.74, 6) is -0.867. The van der Waals surface area contributed by atoms with E-state index in [0.29, 0.717) is 11.3 Å². The van der Waals surface area contributed by atoms with Crippen molar-refractivity contribution in [1.82, 2.24) is 9.97 Å². The number of hydrogen-bond acceptors (Lipinski definition) is 7. The fourth-order valence-corrected chi connectivity index (χ4v) is 2.74. The van der Waals surface area contributed by atoms with Crippen LogP contribution in [0.3, 0.4) is 0 Å². The Morgan fingerprint density at radius 1 is 1.31 bits per heavy atom. The van der Waals surface area contributed by atoms with Gasteiger partial charge in [0, 0.05) is 18.3 Å². The number of hydrogen-bond donors (Lipinski definition) is 3. The third kappa shape index (κ3) is 4.17. The van der Waals surface area contributed by atoms with Crippen LogP contribution in [0.25, 0.3) is 0 Å². The number of methoxy groups -OCH3 is 1. The number of nitrogens with zero attached hydrogens (tertiary/aromatic N) is 3. The van der Waals surface area contributed by atoms with E-state index in [0.717, 1.165) is 17.8 Å². The van der Waals surface area contributed by atoms with E-state index >= 15 is 0 Å². The lowest BCUT2D eigenvalue weighted by atomic mass is 10.1. The fourth-order valence-electron chi connectivity index (χ4n) is 2.74. The first-order valence-corrected chi connectivity index (χ1v) is 8.54. The van der Waals surface area contributed by atoms with Gasteiger partial charge in [0.15, 0.2) is 0 Å². The molecule has 3 aromatic rings. The van der Waals surface area contributed by atoms with Gasteiger partial charge in [-0.25, -0.2) is 9.97 Å². The van der Waals surface area contributed by atoms with E-state index in [9.17, 15) is 14.5 Å². The van der Waals surface area contributed by atoms with Gasteiger partial charge in [-0.15, -0.1) is 0 Å². The summed E-state index contributed by atoms with van der Waals surface area (Å²) in [6, 6.07) is 10.9. The van der Waals surface area contributed by atoms with Gasteiger partial charge in [0.05, 0.1) is 41.7 Å². The number of halogens is 1. The zero-order valence-corrected chi connectivity index (χ0v) is 15.6. The van der Waals surface area contributed by atoms with Gasteiger partial charge in [0.25, 0.3) is 0 Å². The second-order valence-corrected chi connectivity index (χ2v) is 5.90. The lowest BCUT2D eigenvalue weighted by Gasteiger charge is -2.11. The molecule has 0 saturated heterocycles. The van der Waals surface area contributed by atoms with Crippen LogP contribution >= 0.6 is 0 Å². The molecule has 29 heavy (non-hydrogen) atoms. The van der Waals surface area contributed by atoms with E-state index in [2.05, 4.69) is 15.3 Å². The quantitative estimate of drug-likeness (QED) is 0.243. The van der Waals surface area contributed by atoms with Gasteiger partial charge in [-0.1, -0.05) is 12.1 Å². The average molecular weight is 397 g/mol. The van der Waals surface area contributed by atoms with Crippen molar-refractivity contribution in [3.63, 3.8) is 0 Å². The van der Waals surface area contributed by atoms with Crippen molar-refractivity contribution in [2.24, 2.45) is 0 Å². The van der Waals surface area contributed by atoms with Crippen LogP contribution in [-0.4, -0.2) is 34.8 Å². The van der Waals surface area contributed by atoms with Crippen LogP contribution in [0.2, 0.25) is 0 Å². The van der Waals surface area contributed by atoms with E-state index in [4.69, 9.17) is 10.1 Å². The molecule has 1 aromatic heterocycles. The Kier molecular flexibility index (Phi) is 5.74. The number of nitrogens with one attached hydrogen (secondary N) is 2. The van der Waals surface area contributed by atoms with Crippen LogP contribution in [0.15, 0.2) is 48.7 Å². The highest BCUT2D eigenvalue weighted by Gasteiger charge is 2.20. The van der Waals surface area contributed by atoms with Crippen LogP contribution in [0.5, 0.6) is 5.75 Å². The van der Waals surface area contributed by atoms with E-state index < -0.39 is 16.4 Å². The van der Waals surface area contributed by atoms with Crippen LogP contribution < -0.4 is 15.4 Å². The third-order valence-electron chi connectivity index (χ3n) is 4.16. The maximum atomic E-state index is 13.8. The summed E-state index contributed by atoms with van der Waals surface area (Å²) in [6.07, 6.45) is 1.46. The molecule has 0 spiro atoms. The molecule has 0 radical (unpaired) electrons. The van der Waals surface area contributed by atoms with Gasteiger partial charge in [-0.05, 0) is 18.2 Å². The van der Waals surface area contributed by atoms with E-state index in [1.807, 2.05) is 36.6 Å². The first-order chi connectivity index (χ1) is 13.9. The number of nitro groups is 1. The van der Waals surface area contributed by atoms with Gasteiger partial charge in [-0.3, -0.25) is 15.5 Å². The predicted molar refractivity (Wildman–Crippen MR) is 105 cm³/mol. The van der Waals surface area contributed by atoms with Crippen molar-refractivity contribution in [1.29, 1.82) is 5.41 Å². The van der Waals surface area contributed by atoms with Crippen LogP contribution in [0.4, 0.5) is 27.4 Å². The number of aromatic nitrogens is 2. The Morgan fingerprint density at radius 2 is 2.07 bits per heavy atom. The molecule has 2 aromatic carbocycles. The lowest BCUT2D eigenvalue weighted by molar-refractivity contribution is -0.539. The average Bonchev–Trinajstić information content (AvgIpc) is 2.74. The molecule has 4 N–H and O–H groups in total. The summed E-state index contributed by atoms with van der Waals surface area (Å²) >= 11 is 0. The molecule has 9 nitrogen and oxygen atoms in total. The molecule has 0 amide bonds. The Labute approximate surface area is 165 Å². The number of para-hydroxylation sites is 1. The predicted octanol–water partition coefficient (Wildman–Crippen LogP) is 2.52. The van der Waals surface area contributed by atoms with Crippen LogP contribution in [-0.2, 0) is 0 Å². The fraction of sp³-hybridized carbons (Fsp3) is 0.105. The van der Waals surface area contributed by atoms with Crippen molar-refractivity contribution >= 4 is 28.7 Å². The number of nitrogens with two attached hydrogens (primary N) is 1. The third-order valence-corrected chi connectivity index (χ3v) is 4.16. The van der Waals surface area contributed by atoms with E-state index in [1.165, 1.54) is 13.3 Å². The number of benzene rings is 2. The van der Waals surface area contributed by atoms with Gasteiger partial charge < -0.3 is 15.4 Å². The SMILES string of the molecule is C[NH2+]c1ccccc1C(=N)c1ccnc(Nc2cc([N+](=O)[O-])c(F)cc2OC)n1. The minimum atomic E-state index is -1.01. The van der Waals surface area contributed by atoms with Crippen molar-refractivity contribution in [3.05, 3.63) is 75.9 Å². The summed E-state index contributed by atoms with van der Waals surface area (Å²) in [6.45, 7) is 0. The number of nitro benzene ring substituents is 1. The second kappa shape index (κ2) is 8.40. The standard InChI is InChI=1S/C19H17FN6O3/c1-22-13-6-4-3-5-11(13)18(21)14-7-8-23-19(24-14)25-15-10-16(26(27)28)12(20)9-17(15)29-2/h3-10,21-22H,1-2H3,(H,23,24,25)/p+1. The summed E-state index contributed by atoms with van der Waals surface area (Å²) in [5, 5.41) is 24.2. The molecule has 0 atom stereocenters. The minimum Gasteiger partial charge on any atom is -0.494 e. The van der Waals surface area contributed by atoms with Crippen LogP contribution in [0, 0.1) is 21.3 Å². The maximum Gasteiger partial charge on any atom is 0.307 e. The molecule has 1 heterocycles. The molecule has 0 bridgehead atoms. The molecule has 0 aliphatic carbocycles. The van der Waals surface area contributed by atoms with E-state index in [1.54, 1.807) is 6.07 Å². The molecular formula is C19H18FN6O3+. The maximum absolute atomic E-state index is 13.8. The summed E-state index contributed by atoms with van der Waals surface area (Å²) < 4.78 is 18.9. The normalized spacial score (nSPS) is 10.4. The molecule has 0 saturated carbocycles. The van der Waals surface area contributed by atoms with Gasteiger partial charge in [-0.2, -0.15) is 4.39 Å². The molecule has 0 aliphatic heterocycles. The van der Waals surface area contributed by atoms with Crippen LogP contribution in [0.1, 0.15) is 11.3 Å². The highest BCUT2D eigenvalue weighted by Crippen LogP contribution is 2.33. The number of rotatable bonds is 7.